The standard InChI is InChI=1S/C15H18N2O/c1-15(2,16)12-6-9-14(17-10-12)11-4-7-13(18-3)8-5-11/h4-10H,16H2,1-3H3/i1D. The van der Waals surface area contributed by atoms with E-state index < -0.39 is 5.54 Å². The summed E-state index contributed by atoms with van der Waals surface area (Å²) in [7, 11) is 1.64. The molecular formula is C15H18N2O. The lowest BCUT2D eigenvalue weighted by Crippen LogP contribution is -2.28. The summed E-state index contributed by atoms with van der Waals surface area (Å²) in [6, 6.07) is 11.6. The number of pyridine rings is 1. The molecule has 3 heteroatoms. The van der Waals surface area contributed by atoms with Crippen molar-refractivity contribution in [3.63, 3.8) is 0 Å². The third-order valence-electron chi connectivity index (χ3n) is 2.81. The molecule has 2 aromatic rings. The van der Waals surface area contributed by atoms with Crippen molar-refractivity contribution in [1.82, 2.24) is 4.98 Å². The molecule has 18 heavy (non-hydrogen) atoms. The van der Waals surface area contributed by atoms with Crippen molar-refractivity contribution in [3.05, 3.63) is 48.2 Å². The first-order valence-corrected chi connectivity index (χ1v) is 5.76. The van der Waals surface area contributed by atoms with E-state index in [2.05, 4.69) is 4.98 Å². The van der Waals surface area contributed by atoms with Gasteiger partial charge in [-0.1, -0.05) is 6.07 Å². The maximum absolute atomic E-state index is 7.44. The molecule has 1 unspecified atom stereocenters. The Kier molecular flexibility index (Phi) is 2.99. The van der Waals surface area contributed by atoms with Crippen molar-refractivity contribution in [3.8, 4) is 17.0 Å². The first-order chi connectivity index (χ1) is 9.06. The largest absolute Gasteiger partial charge is 0.497 e. The minimum absolute atomic E-state index is 0.135. The van der Waals surface area contributed by atoms with Gasteiger partial charge in [-0.2, -0.15) is 0 Å². The highest BCUT2D eigenvalue weighted by Crippen LogP contribution is 2.22. The fraction of sp³-hybridized carbons (Fsp3) is 0.267. The summed E-state index contributed by atoms with van der Waals surface area (Å²) in [5.74, 6) is 0.823. The summed E-state index contributed by atoms with van der Waals surface area (Å²) >= 11 is 0. The van der Waals surface area contributed by atoms with E-state index in [0.29, 0.717) is 0 Å². The maximum atomic E-state index is 7.44. The third-order valence-corrected chi connectivity index (χ3v) is 2.81. The number of nitrogens with zero attached hydrogens (tertiary/aromatic N) is 1. The van der Waals surface area contributed by atoms with Gasteiger partial charge in [-0.3, -0.25) is 4.98 Å². The van der Waals surface area contributed by atoms with Crippen LogP contribution in [-0.4, -0.2) is 12.1 Å². The van der Waals surface area contributed by atoms with Crippen LogP contribution in [0.5, 0.6) is 5.75 Å². The Labute approximate surface area is 109 Å². The van der Waals surface area contributed by atoms with E-state index in [1.165, 1.54) is 0 Å². The summed E-state index contributed by atoms with van der Waals surface area (Å²) in [4.78, 5) is 4.41. The van der Waals surface area contributed by atoms with Crippen molar-refractivity contribution < 1.29 is 6.11 Å². The van der Waals surface area contributed by atoms with E-state index in [-0.39, 0.29) is 6.90 Å². The predicted octanol–water partition coefficient (Wildman–Crippen LogP) is 2.95. The highest BCUT2D eigenvalue weighted by molar-refractivity contribution is 5.60. The molecule has 0 aliphatic heterocycles. The van der Waals surface area contributed by atoms with Gasteiger partial charge in [-0.25, -0.2) is 0 Å². The monoisotopic (exact) mass is 243 g/mol. The van der Waals surface area contributed by atoms with Crippen LogP contribution in [0.4, 0.5) is 0 Å². The zero-order chi connectivity index (χ0) is 13.9. The van der Waals surface area contributed by atoms with Crippen LogP contribution in [0.15, 0.2) is 42.6 Å². The van der Waals surface area contributed by atoms with Crippen molar-refractivity contribution in [2.24, 2.45) is 5.73 Å². The van der Waals surface area contributed by atoms with Crippen LogP contribution < -0.4 is 10.5 Å². The van der Waals surface area contributed by atoms with Gasteiger partial charge in [-0.15, -0.1) is 0 Å². The molecule has 0 amide bonds. The smallest absolute Gasteiger partial charge is 0.118 e. The molecule has 0 saturated carbocycles. The SMILES string of the molecule is [2H]CC(C)(N)c1ccc(-c2ccc(OC)cc2)nc1. The molecule has 0 aliphatic carbocycles. The number of ether oxygens (including phenoxy) is 1. The molecule has 1 heterocycles. The Bertz CT molecular complexity index is 535. The molecule has 1 atom stereocenters. The Morgan fingerprint density at radius 1 is 1.22 bits per heavy atom. The Morgan fingerprint density at radius 3 is 2.44 bits per heavy atom. The van der Waals surface area contributed by atoms with E-state index >= 15 is 0 Å². The van der Waals surface area contributed by atoms with Crippen molar-refractivity contribution in [2.75, 3.05) is 7.11 Å². The quantitative estimate of drug-likeness (QED) is 0.901. The van der Waals surface area contributed by atoms with Crippen LogP contribution in [-0.2, 0) is 5.54 Å². The average molecular weight is 243 g/mol. The second kappa shape index (κ2) is 4.78. The number of benzene rings is 1. The van der Waals surface area contributed by atoms with Gasteiger partial charge in [0.15, 0.2) is 0 Å². The average Bonchev–Trinajstić information content (AvgIpc) is 2.47. The minimum atomic E-state index is -0.647. The first kappa shape index (κ1) is 11.2. The zero-order valence-corrected chi connectivity index (χ0v) is 10.7. The molecule has 0 radical (unpaired) electrons. The molecule has 0 spiro atoms. The van der Waals surface area contributed by atoms with Gasteiger partial charge in [0.1, 0.15) is 5.75 Å². The van der Waals surface area contributed by atoms with Gasteiger partial charge in [0.05, 0.1) is 12.8 Å². The summed E-state index contributed by atoms with van der Waals surface area (Å²) < 4.78 is 12.6. The lowest BCUT2D eigenvalue weighted by Gasteiger charge is -2.18. The summed E-state index contributed by atoms with van der Waals surface area (Å²) in [5.41, 5.74) is 8.15. The molecule has 1 aromatic heterocycles. The molecule has 2 N–H and O–H groups in total. The van der Waals surface area contributed by atoms with Crippen LogP contribution in [0, 0.1) is 0 Å². The number of methoxy groups -OCH3 is 1. The fourth-order valence-electron chi connectivity index (χ4n) is 1.66. The van der Waals surface area contributed by atoms with Crippen molar-refractivity contribution in [1.29, 1.82) is 0 Å². The lowest BCUT2D eigenvalue weighted by atomic mass is 9.97. The second-order valence-corrected chi connectivity index (χ2v) is 4.58. The maximum Gasteiger partial charge on any atom is 0.118 e. The predicted molar refractivity (Wildman–Crippen MR) is 73.4 cm³/mol. The highest BCUT2D eigenvalue weighted by Gasteiger charge is 2.14. The highest BCUT2D eigenvalue weighted by atomic mass is 16.5. The molecule has 0 bridgehead atoms. The number of hydrogen-bond acceptors (Lipinski definition) is 3. The number of hydrogen-bond donors (Lipinski definition) is 1. The van der Waals surface area contributed by atoms with E-state index in [9.17, 15) is 0 Å². The molecule has 0 aliphatic rings. The molecule has 1 aromatic carbocycles. The third kappa shape index (κ3) is 2.68. The van der Waals surface area contributed by atoms with E-state index in [1.54, 1.807) is 13.3 Å². The van der Waals surface area contributed by atoms with Crippen LogP contribution in [0.1, 0.15) is 20.8 Å². The molecular weight excluding hydrogens is 224 g/mol. The van der Waals surface area contributed by atoms with E-state index in [4.69, 9.17) is 11.8 Å². The Hall–Kier alpha value is -1.87. The summed E-state index contributed by atoms with van der Waals surface area (Å²) in [5, 5.41) is 0. The number of nitrogens with two attached hydrogens (primary N) is 1. The van der Waals surface area contributed by atoms with Gasteiger partial charge in [0.2, 0.25) is 0 Å². The zero-order valence-electron chi connectivity index (χ0n) is 11.7. The number of rotatable bonds is 3. The van der Waals surface area contributed by atoms with Crippen LogP contribution in [0.3, 0.4) is 0 Å². The summed E-state index contributed by atoms with van der Waals surface area (Å²) in [6.45, 7) is 1.97. The van der Waals surface area contributed by atoms with Crippen LogP contribution in [0.25, 0.3) is 11.3 Å². The van der Waals surface area contributed by atoms with Gasteiger partial charge < -0.3 is 10.5 Å². The fourth-order valence-corrected chi connectivity index (χ4v) is 1.66. The Morgan fingerprint density at radius 2 is 1.94 bits per heavy atom. The van der Waals surface area contributed by atoms with Crippen molar-refractivity contribution >= 4 is 0 Å². The normalized spacial score (nSPS) is 14.7. The molecule has 0 saturated heterocycles. The van der Waals surface area contributed by atoms with Gasteiger partial charge in [0, 0.05) is 18.7 Å². The number of aromatic nitrogens is 1. The molecule has 2 rings (SSSR count). The summed E-state index contributed by atoms with van der Waals surface area (Å²) in [6.07, 6.45) is 1.74. The first-order valence-electron chi connectivity index (χ1n) is 6.46. The topological polar surface area (TPSA) is 48.1 Å². The van der Waals surface area contributed by atoms with E-state index in [0.717, 1.165) is 22.6 Å². The lowest BCUT2D eigenvalue weighted by molar-refractivity contribution is 0.415. The minimum Gasteiger partial charge on any atom is -0.497 e. The second-order valence-electron chi connectivity index (χ2n) is 4.58. The van der Waals surface area contributed by atoms with Crippen molar-refractivity contribution in [2.45, 2.75) is 19.4 Å². The van der Waals surface area contributed by atoms with Crippen LogP contribution in [0.2, 0.25) is 0 Å². The van der Waals surface area contributed by atoms with Gasteiger partial charge >= 0.3 is 0 Å². The molecule has 0 fully saturated rings. The van der Waals surface area contributed by atoms with Crippen LogP contribution >= 0.6 is 0 Å². The Balaban J connectivity index is 2.27. The van der Waals surface area contributed by atoms with E-state index in [1.807, 2.05) is 43.3 Å². The molecule has 3 nitrogen and oxygen atoms in total. The van der Waals surface area contributed by atoms with Gasteiger partial charge in [0.25, 0.3) is 0 Å². The van der Waals surface area contributed by atoms with Gasteiger partial charge in [-0.05, 0) is 49.7 Å². The molecule has 94 valence electrons.